The molecule has 54 heavy (non-hydrogen) atoms. The molecule has 7 aliphatic rings. The molecule has 14 atom stereocenters. The summed E-state index contributed by atoms with van der Waals surface area (Å²) in [6, 6.07) is 3.43. The highest BCUT2D eigenvalue weighted by Crippen LogP contribution is 2.89. The summed E-state index contributed by atoms with van der Waals surface area (Å²) in [6.07, 6.45) is 8.48. The summed E-state index contributed by atoms with van der Waals surface area (Å²) < 4.78 is 34.0. The van der Waals surface area contributed by atoms with E-state index in [9.17, 15) is 9.90 Å². The minimum atomic E-state index is -1.99. The third-order valence-electron chi connectivity index (χ3n) is 18.1. The fourth-order valence-electron chi connectivity index (χ4n) is 15.0. The first-order valence-electron chi connectivity index (χ1n) is 22.5. The van der Waals surface area contributed by atoms with Gasteiger partial charge in [-0.3, -0.25) is 0 Å². The van der Waals surface area contributed by atoms with E-state index in [4.69, 9.17) is 23.4 Å². The molecule has 7 rings (SSSR count). The van der Waals surface area contributed by atoms with Crippen molar-refractivity contribution in [1.29, 1.82) is 0 Å². The van der Waals surface area contributed by atoms with Crippen molar-refractivity contribution in [1.82, 2.24) is 4.90 Å². The van der Waals surface area contributed by atoms with Crippen molar-refractivity contribution in [3.63, 3.8) is 0 Å². The zero-order chi connectivity index (χ0) is 39.4. The molecule has 9 heteroatoms. The molecule has 5 saturated carbocycles. The number of carbonyl (C=O) groups is 1. The second-order valence-corrected chi connectivity index (χ2v) is 26.7. The summed E-state index contributed by atoms with van der Waals surface area (Å²) in [7, 11) is -1.99. The van der Waals surface area contributed by atoms with Crippen LogP contribution in [-0.4, -0.2) is 86.5 Å². The van der Waals surface area contributed by atoms with Gasteiger partial charge in [-0.2, -0.15) is 0 Å². The van der Waals surface area contributed by atoms with Gasteiger partial charge in [0.15, 0.2) is 14.6 Å². The second kappa shape index (κ2) is 14.0. The quantitative estimate of drug-likeness (QED) is 0.234. The zero-order valence-electron chi connectivity index (χ0n) is 36.6. The third-order valence-corrected chi connectivity index (χ3v) is 22.7. The summed E-state index contributed by atoms with van der Waals surface area (Å²) >= 11 is 0. The summed E-state index contributed by atoms with van der Waals surface area (Å²) in [5.74, 6) is 2.30. The maximum absolute atomic E-state index is 13.0. The first-order chi connectivity index (χ1) is 25.2. The van der Waals surface area contributed by atoms with Gasteiger partial charge in [-0.15, -0.1) is 0 Å². The van der Waals surface area contributed by atoms with Gasteiger partial charge in [0.05, 0.1) is 43.7 Å². The highest BCUT2D eigenvalue weighted by molar-refractivity contribution is 6.73. The van der Waals surface area contributed by atoms with Crippen LogP contribution in [0.5, 0.6) is 0 Å². The second-order valence-electron chi connectivity index (χ2n) is 22.0. The van der Waals surface area contributed by atoms with E-state index < -0.39 is 26.3 Å². The van der Waals surface area contributed by atoms with E-state index in [1.807, 2.05) is 20.8 Å². The molecule has 8 nitrogen and oxygen atoms in total. The van der Waals surface area contributed by atoms with Crippen LogP contribution < -0.4 is 0 Å². The van der Waals surface area contributed by atoms with Crippen molar-refractivity contribution >= 4 is 14.4 Å². The van der Waals surface area contributed by atoms with Gasteiger partial charge in [0.1, 0.15) is 5.60 Å². The van der Waals surface area contributed by atoms with Crippen molar-refractivity contribution in [2.24, 2.45) is 56.7 Å². The van der Waals surface area contributed by atoms with Crippen LogP contribution in [0.1, 0.15) is 141 Å². The molecule has 0 aromatic rings. The lowest BCUT2D eigenvalue weighted by Crippen LogP contribution is -2.61. The standard InChI is InChI=1S/C45H79NO7Si/c1-14-54(15-2,16-3)53-38-37-35(29(6)25-30(50-37)36(47)28(4)5)42(12)21-22-45-27-44(45)20-19-33(41(10,11)31(44)17-18-32(45)43(38,42)13)51-34-26-46(23-24-49-34)39(48)52-40(7,8)9/h28-38,47H,14-27H2,1-13H3/t29-,30-,31+,32+,33?,34+,35+,36-,37+,38+,42-,43-,44?,45+/m1/s1. The first kappa shape index (κ1) is 41.4. The summed E-state index contributed by atoms with van der Waals surface area (Å²) in [5, 5.41) is 11.5. The summed E-state index contributed by atoms with van der Waals surface area (Å²) in [6.45, 7) is 31.3. The smallest absolute Gasteiger partial charge is 0.410 e. The Kier molecular flexibility index (Phi) is 10.7. The number of hydrogen-bond donors (Lipinski definition) is 1. The topological polar surface area (TPSA) is 86.7 Å². The van der Waals surface area contributed by atoms with E-state index in [1.54, 1.807) is 4.90 Å². The van der Waals surface area contributed by atoms with E-state index in [-0.39, 0.29) is 52.7 Å². The van der Waals surface area contributed by atoms with Crippen molar-refractivity contribution in [3.05, 3.63) is 0 Å². The molecule has 2 unspecified atom stereocenters. The predicted molar refractivity (Wildman–Crippen MR) is 215 cm³/mol. The van der Waals surface area contributed by atoms with Crippen LogP contribution in [-0.2, 0) is 23.4 Å². The van der Waals surface area contributed by atoms with Crippen LogP contribution in [0, 0.1) is 56.7 Å². The van der Waals surface area contributed by atoms with Crippen molar-refractivity contribution in [2.45, 2.75) is 202 Å². The molecule has 2 spiro atoms. The molecule has 1 N–H and O–H groups in total. The molecular weight excluding hydrogens is 695 g/mol. The van der Waals surface area contributed by atoms with Crippen LogP contribution in [0.4, 0.5) is 4.79 Å². The van der Waals surface area contributed by atoms with Gasteiger partial charge in [-0.05, 0) is 142 Å². The molecular formula is C45H79NO7Si. The SMILES string of the molecule is CC[Si](CC)(CC)O[C@H]1[C@H]2O[C@@H]([C@H](O)C(C)C)C[C@@H](C)[C@@H]2[C@@]2(C)CC[C@@]34CC35CCC(O[C@H]3CN(C(=O)OC(C)(C)C)CCO3)C(C)(C)[C@@H]5CC[C@H]4[C@]12C. The Hall–Kier alpha value is -0.713. The number of hydrogen-bond acceptors (Lipinski definition) is 7. The van der Waals surface area contributed by atoms with E-state index in [2.05, 4.69) is 69.2 Å². The maximum atomic E-state index is 13.0. The van der Waals surface area contributed by atoms with Crippen LogP contribution in [0.2, 0.25) is 18.1 Å². The Morgan fingerprint density at radius 2 is 1.61 bits per heavy atom. The van der Waals surface area contributed by atoms with Gasteiger partial charge >= 0.3 is 6.09 Å². The molecule has 2 aliphatic heterocycles. The first-order valence-corrected chi connectivity index (χ1v) is 25.0. The van der Waals surface area contributed by atoms with Crippen LogP contribution in [0.25, 0.3) is 0 Å². The number of ether oxygens (including phenoxy) is 4. The fourth-order valence-corrected chi connectivity index (χ4v) is 17.9. The Balaban J connectivity index is 1.17. The molecule has 2 saturated heterocycles. The van der Waals surface area contributed by atoms with E-state index in [1.165, 1.54) is 38.5 Å². The molecule has 310 valence electrons. The Morgan fingerprint density at radius 3 is 2.24 bits per heavy atom. The number of morpholine rings is 1. The number of carbonyl (C=O) groups excluding carboxylic acids is 1. The Labute approximate surface area is 330 Å². The molecule has 1 amide bonds. The summed E-state index contributed by atoms with van der Waals surface area (Å²) in [4.78, 5) is 14.7. The van der Waals surface area contributed by atoms with Crippen molar-refractivity contribution in [3.8, 4) is 0 Å². The van der Waals surface area contributed by atoms with Gasteiger partial charge in [0.2, 0.25) is 0 Å². The molecule has 7 fully saturated rings. The number of nitrogens with zero attached hydrogens (tertiary/aromatic N) is 1. The minimum Gasteiger partial charge on any atom is -0.444 e. The van der Waals surface area contributed by atoms with Gasteiger partial charge < -0.3 is 33.4 Å². The molecule has 2 heterocycles. The van der Waals surface area contributed by atoms with E-state index in [0.29, 0.717) is 54.2 Å². The third kappa shape index (κ3) is 6.06. The highest BCUT2D eigenvalue weighted by Gasteiger charge is 2.85. The Morgan fingerprint density at radius 1 is 0.963 bits per heavy atom. The van der Waals surface area contributed by atoms with Crippen LogP contribution in [0.3, 0.4) is 0 Å². The lowest BCUT2D eigenvalue weighted by Gasteiger charge is -2.64. The van der Waals surface area contributed by atoms with Crippen molar-refractivity contribution < 1.29 is 33.3 Å². The number of amides is 1. The molecule has 0 radical (unpaired) electrons. The van der Waals surface area contributed by atoms with Gasteiger partial charge in [-0.1, -0.05) is 69.2 Å². The zero-order valence-corrected chi connectivity index (χ0v) is 37.6. The lowest BCUT2D eigenvalue weighted by molar-refractivity contribution is -0.246. The average molecular weight is 774 g/mol. The number of rotatable bonds is 9. The fraction of sp³-hybridized carbons (Fsp3) is 0.978. The van der Waals surface area contributed by atoms with Gasteiger partial charge in [-0.25, -0.2) is 4.79 Å². The highest BCUT2D eigenvalue weighted by atomic mass is 28.4. The normalized spacial score (nSPS) is 46.1. The number of aliphatic hydroxyl groups excluding tert-OH is 1. The van der Waals surface area contributed by atoms with E-state index in [0.717, 1.165) is 31.0 Å². The van der Waals surface area contributed by atoms with Crippen LogP contribution >= 0.6 is 0 Å². The maximum Gasteiger partial charge on any atom is 0.410 e. The van der Waals surface area contributed by atoms with Gasteiger partial charge in [0.25, 0.3) is 0 Å². The molecule has 5 aliphatic carbocycles. The number of aliphatic hydroxyl groups is 1. The van der Waals surface area contributed by atoms with Crippen molar-refractivity contribution in [2.75, 3.05) is 19.7 Å². The lowest BCUT2D eigenvalue weighted by atomic mass is 9.41. The molecule has 0 bridgehead atoms. The largest absolute Gasteiger partial charge is 0.444 e. The minimum absolute atomic E-state index is 0.00196. The Bertz CT molecular complexity index is 1390. The number of fused-ring (bicyclic) bond motifs is 4. The van der Waals surface area contributed by atoms with Gasteiger partial charge in [0, 0.05) is 12.0 Å². The molecule has 0 aromatic heterocycles. The van der Waals surface area contributed by atoms with E-state index >= 15 is 0 Å². The summed E-state index contributed by atoms with van der Waals surface area (Å²) in [5.41, 5.74) is 0.291. The predicted octanol–water partition coefficient (Wildman–Crippen LogP) is 9.82. The average Bonchev–Trinajstić information content (AvgIpc) is 3.74. The molecule has 0 aromatic carbocycles. The van der Waals surface area contributed by atoms with Crippen LogP contribution in [0.15, 0.2) is 0 Å². The monoisotopic (exact) mass is 774 g/mol.